The molecule has 1 atom stereocenters. The third kappa shape index (κ3) is 3.62. The molecule has 1 saturated heterocycles. The molecule has 0 radical (unpaired) electrons. The van der Waals surface area contributed by atoms with Crippen molar-refractivity contribution in [1.29, 1.82) is 0 Å². The maximum absolute atomic E-state index is 12.9. The van der Waals surface area contributed by atoms with Crippen LogP contribution in [0.2, 0.25) is 0 Å². The predicted octanol–water partition coefficient (Wildman–Crippen LogP) is 2.82. The number of hydrogen-bond donors (Lipinski definition) is 1. The van der Waals surface area contributed by atoms with Crippen LogP contribution in [0, 0.1) is 5.92 Å². The van der Waals surface area contributed by atoms with Crippen LogP contribution in [0.1, 0.15) is 37.0 Å². The van der Waals surface area contributed by atoms with Crippen molar-refractivity contribution in [1.82, 2.24) is 10.2 Å². The third-order valence-electron chi connectivity index (χ3n) is 4.51. The third-order valence-corrected chi connectivity index (χ3v) is 4.51. The van der Waals surface area contributed by atoms with Crippen LogP contribution in [0.15, 0.2) is 28.9 Å². The van der Waals surface area contributed by atoms with Gasteiger partial charge in [-0.15, -0.1) is 0 Å². The summed E-state index contributed by atoms with van der Waals surface area (Å²) < 4.78 is 10.8. The molecule has 1 aliphatic heterocycles. The number of nitrogens with zero attached hydrogens (tertiary/aromatic N) is 1. The van der Waals surface area contributed by atoms with Crippen molar-refractivity contribution in [2.75, 3.05) is 20.2 Å². The van der Waals surface area contributed by atoms with Crippen molar-refractivity contribution in [3.05, 3.63) is 30.0 Å². The highest BCUT2D eigenvalue weighted by molar-refractivity contribution is 5.99. The van der Waals surface area contributed by atoms with Gasteiger partial charge in [-0.1, -0.05) is 0 Å². The van der Waals surface area contributed by atoms with Crippen molar-refractivity contribution in [3.63, 3.8) is 0 Å². The zero-order valence-electron chi connectivity index (χ0n) is 14.9. The second-order valence-electron chi connectivity index (χ2n) is 6.76. The van der Waals surface area contributed by atoms with Gasteiger partial charge in [-0.25, -0.2) is 0 Å². The number of rotatable bonds is 4. The van der Waals surface area contributed by atoms with Gasteiger partial charge in [0.2, 0.25) is 5.91 Å². The Balaban J connectivity index is 1.79. The smallest absolute Gasteiger partial charge is 0.254 e. The maximum atomic E-state index is 12.9. The second-order valence-corrected chi connectivity index (χ2v) is 6.76. The molecule has 6 heteroatoms. The van der Waals surface area contributed by atoms with Crippen molar-refractivity contribution < 1.29 is 18.7 Å². The van der Waals surface area contributed by atoms with Crippen LogP contribution in [0.3, 0.4) is 0 Å². The molecule has 1 N–H and O–H groups in total. The monoisotopic (exact) mass is 344 g/mol. The first kappa shape index (κ1) is 17.3. The van der Waals surface area contributed by atoms with E-state index in [9.17, 15) is 9.59 Å². The standard InChI is InChI=1S/C19H24N2O4/c1-12(2)20-18(22)13-5-4-7-21(11-13)19(23)14-9-16(24-3)15-6-8-25-17(15)10-14/h6,8-10,12-13H,4-5,7,11H2,1-3H3,(H,20,22)/t13-/m1/s1. The first-order valence-electron chi connectivity index (χ1n) is 8.64. The Bertz CT molecular complexity index is 781. The van der Waals surface area contributed by atoms with Gasteiger partial charge in [0, 0.05) is 24.7 Å². The molecule has 6 nitrogen and oxygen atoms in total. The van der Waals surface area contributed by atoms with Gasteiger partial charge in [0.15, 0.2) is 0 Å². The van der Waals surface area contributed by atoms with Gasteiger partial charge < -0.3 is 19.4 Å². The van der Waals surface area contributed by atoms with Gasteiger partial charge >= 0.3 is 0 Å². The van der Waals surface area contributed by atoms with Gasteiger partial charge in [-0.05, 0) is 44.9 Å². The topological polar surface area (TPSA) is 71.8 Å². The lowest BCUT2D eigenvalue weighted by Gasteiger charge is -2.32. The summed E-state index contributed by atoms with van der Waals surface area (Å²) in [6.07, 6.45) is 3.21. The number of nitrogens with one attached hydrogen (secondary N) is 1. The molecular formula is C19H24N2O4. The molecule has 134 valence electrons. The highest BCUT2D eigenvalue weighted by Crippen LogP contribution is 2.29. The van der Waals surface area contributed by atoms with Gasteiger partial charge in [0.25, 0.3) is 5.91 Å². The summed E-state index contributed by atoms with van der Waals surface area (Å²) in [6, 6.07) is 5.38. The fourth-order valence-corrected chi connectivity index (χ4v) is 3.29. The van der Waals surface area contributed by atoms with Crippen LogP contribution >= 0.6 is 0 Å². The Hall–Kier alpha value is -2.50. The summed E-state index contributed by atoms with van der Waals surface area (Å²) in [5.74, 6) is 0.375. The molecule has 2 aromatic rings. The quantitative estimate of drug-likeness (QED) is 0.926. The molecule has 0 aliphatic carbocycles. The highest BCUT2D eigenvalue weighted by Gasteiger charge is 2.29. The van der Waals surface area contributed by atoms with Crippen molar-refractivity contribution >= 4 is 22.8 Å². The number of carbonyl (C=O) groups excluding carboxylic acids is 2. The summed E-state index contributed by atoms with van der Waals surface area (Å²) in [4.78, 5) is 26.9. The summed E-state index contributed by atoms with van der Waals surface area (Å²) >= 11 is 0. The number of piperidine rings is 1. The number of carbonyl (C=O) groups is 2. The Kier molecular flexibility index (Phi) is 4.97. The molecule has 0 spiro atoms. The largest absolute Gasteiger partial charge is 0.496 e. The van der Waals surface area contributed by atoms with E-state index in [-0.39, 0.29) is 23.8 Å². The van der Waals surface area contributed by atoms with Crippen LogP contribution < -0.4 is 10.1 Å². The fourth-order valence-electron chi connectivity index (χ4n) is 3.29. The average molecular weight is 344 g/mol. The maximum Gasteiger partial charge on any atom is 0.254 e. The minimum absolute atomic E-state index is 0.0200. The van der Waals surface area contributed by atoms with E-state index in [1.165, 1.54) is 0 Å². The van der Waals surface area contributed by atoms with Crippen LogP contribution in [0.5, 0.6) is 5.75 Å². The molecule has 3 rings (SSSR count). The molecule has 1 aliphatic rings. The highest BCUT2D eigenvalue weighted by atomic mass is 16.5. The lowest BCUT2D eigenvalue weighted by Crippen LogP contribution is -2.46. The zero-order chi connectivity index (χ0) is 18.0. The van der Waals surface area contributed by atoms with Crippen LogP contribution in [-0.4, -0.2) is 43.0 Å². The first-order valence-corrected chi connectivity index (χ1v) is 8.64. The number of benzene rings is 1. The van der Waals surface area contributed by atoms with E-state index in [1.807, 2.05) is 19.9 Å². The van der Waals surface area contributed by atoms with Gasteiger partial charge in [-0.3, -0.25) is 9.59 Å². The van der Waals surface area contributed by atoms with Gasteiger partial charge in [0.05, 0.1) is 24.7 Å². The molecule has 25 heavy (non-hydrogen) atoms. The number of amides is 2. The molecule has 1 aromatic heterocycles. The lowest BCUT2D eigenvalue weighted by atomic mass is 9.96. The van der Waals surface area contributed by atoms with E-state index in [0.29, 0.717) is 30.0 Å². The number of methoxy groups -OCH3 is 1. The van der Waals surface area contributed by atoms with Crippen molar-refractivity contribution in [2.24, 2.45) is 5.92 Å². The molecule has 2 amide bonds. The Morgan fingerprint density at radius 1 is 1.36 bits per heavy atom. The summed E-state index contributed by atoms with van der Waals surface area (Å²) in [6.45, 7) is 4.97. The van der Waals surface area contributed by atoms with E-state index < -0.39 is 0 Å². The van der Waals surface area contributed by atoms with Crippen LogP contribution in [0.4, 0.5) is 0 Å². The predicted molar refractivity (Wildman–Crippen MR) is 94.7 cm³/mol. The second kappa shape index (κ2) is 7.17. The Labute approximate surface area is 147 Å². The Morgan fingerprint density at radius 2 is 2.16 bits per heavy atom. The number of hydrogen-bond acceptors (Lipinski definition) is 4. The number of furan rings is 1. The van der Waals surface area contributed by atoms with Gasteiger partial charge in [-0.2, -0.15) is 0 Å². The number of likely N-dealkylation sites (tertiary alicyclic amines) is 1. The molecule has 1 fully saturated rings. The molecule has 0 unspecified atom stereocenters. The number of ether oxygens (including phenoxy) is 1. The lowest BCUT2D eigenvalue weighted by molar-refractivity contribution is -0.126. The Morgan fingerprint density at radius 3 is 2.88 bits per heavy atom. The van der Waals surface area contributed by atoms with Crippen LogP contribution in [0.25, 0.3) is 11.0 Å². The molecule has 0 saturated carbocycles. The van der Waals surface area contributed by atoms with Crippen molar-refractivity contribution in [2.45, 2.75) is 32.7 Å². The zero-order valence-corrected chi connectivity index (χ0v) is 14.9. The van der Waals surface area contributed by atoms with E-state index in [2.05, 4.69) is 5.32 Å². The molecule has 2 heterocycles. The molecular weight excluding hydrogens is 320 g/mol. The minimum Gasteiger partial charge on any atom is -0.496 e. The molecule has 1 aromatic carbocycles. The fraction of sp³-hybridized carbons (Fsp3) is 0.474. The molecule has 0 bridgehead atoms. The minimum atomic E-state index is -0.158. The summed E-state index contributed by atoms with van der Waals surface area (Å²) in [7, 11) is 1.57. The van der Waals surface area contributed by atoms with E-state index in [4.69, 9.17) is 9.15 Å². The van der Waals surface area contributed by atoms with E-state index in [1.54, 1.807) is 30.4 Å². The van der Waals surface area contributed by atoms with Crippen LogP contribution in [-0.2, 0) is 4.79 Å². The number of fused-ring (bicyclic) bond motifs is 1. The van der Waals surface area contributed by atoms with E-state index >= 15 is 0 Å². The normalized spacial score (nSPS) is 17.8. The summed E-state index contributed by atoms with van der Waals surface area (Å²) in [5, 5.41) is 3.78. The van der Waals surface area contributed by atoms with E-state index in [0.717, 1.165) is 18.2 Å². The van der Waals surface area contributed by atoms with Gasteiger partial charge in [0.1, 0.15) is 11.3 Å². The average Bonchev–Trinajstić information content (AvgIpc) is 3.08. The van der Waals surface area contributed by atoms with Crippen molar-refractivity contribution in [3.8, 4) is 5.75 Å². The summed E-state index contributed by atoms with van der Waals surface area (Å²) in [5.41, 5.74) is 1.14. The SMILES string of the molecule is COc1cc(C(=O)N2CCC[C@@H](C(=O)NC(C)C)C2)cc2occc12. The first-order chi connectivity index (χ1) is 12.0.